The van der Waals surface area contributed by atoms with Crippen molar-refractivity contribution in [2.75, 3.05) is 39.3 Å². The van der Waals surface area contributed by atoms with E-state index in [0.717, 1.165) is 12.1 Å². The highest BCUT2D eigenvalue weighted by Gasteiger charge is 2.28. The third-order valence-electron chi connectivity index (χ3n) is 4.75. The number of nitrogens with one attached hydrogen (secondary N) is 1. The van der Waals surface area contributed by atoms with Crippen molar-refractivity contribution in [3.05, 3.63) is 0 Å². The molecule has 0 spiro atoms. The quantitative estimate of drug-likeness (QED) is 0.797. The molecule has 2 aliphatic heterocycles. The van der Waals surface area contributed by atoms with Gasteiger partial charge in [-0.3, -0.25) is 4.90 Å². The van der Waals surface area contributed by atoms with E-state index in [4.69, 9.17) is 0 Å². The summed E-state index contributed by atoms with van der Waals surface area (Å²) >= 11 is 0. The van der Waals surface area contributed by atoms with Gasteiger partial charge in [0.2, 0.25) is 0 Å². The minimum Gasteiger partial charge on any atom is -0.313 e. The minimum absolute atomic E-state index is 0.752. The SMILES string of the molecule is CCCNC1CCCN(C2CCN(CCC)CC2)C1. The molecule has 2 rings (SSSR count). The average molecular weight is 267 g/mol. The number of likely N-dealkylation sites (tertiary alicyclic amines) is 2. The highest BCUT2D eigenvalue weighted by molar-refractivity contribution is 4.85. The van der Waals surface area contributed by atoms with Crippen molar-refractivity contribution in [1.82, 2.24) is 15.1 Å². The van der Waals surface area contributed by atoms with Gasteiger partial charge >= 0.3 is 0 Å². The molecule has 1 atom stereocenters. The predicted octanol–water partition coefficient (Wildman–Crippen LogP) is 2.32. The smallest absolute Gasteiger partial charge is 0.0195 e. The van der Waals surface area contributed by atoms with E-state index in [1.54, 1.807) is 0 Å². The van der Waals surface area contributed by atoms with Gasteiger partial charge in [0.05, 0.1) is 0 Å². The summed E-state index contributed by atoms with van der Waals surface area (Å²) in [7, 11) is 0. The molecule has 2 heterocycles. The molecule has 19 heavy (non-hydrogen) atoms. The maximum absolute atomic E-state index is 3.72. The molecule has 1 N–H and O–H groups in total. The van der Waals surface area contributed by atoms with E-state index < -0.39 is 0 Å². The first-order valence-corrected chi connectivity index (χ1v) is 8.53. The summed E-state index contributed by atoms with van der Waals surface area (Å²) in [5.41, 5.74) is 0. The molecule has 2 saturated heterocycles. The fourth-order valence-electron chi connectivity index (χ4n) is 3.68. The summed E-state index contributed by atoms with van der Waals surface area (Å²) in [4.78, 5) is 5.42. The highest BCUT2D eigenvalue weighted by Crippen LogP contribution is 2.21. The summed E-state index contributed by atoms with van der Waals surface area (Å²) in [6.07, 6.45) is 8.10. The molecule has 0 aromatic rings. The summed E-state index contributed by atoms with van der Waals surface area (Å²) < 4.78 is 0. The van der Waals surface area contributed by atoms with Crippen LogP contribution in [0, 0.1) is 0 Å². The molecule has 0 radical (unpaired) electrons. The summed E-state index contributed by atoms with van der Waals surface area (Å²) in [6.45, 7) is 12.3. The first kappa shape index (κ1) is 15.3. The zero-order valence-electron chi connectivity index (χ0n) is 13.0. The van der Waals surface area contributed by atoms with Gasteiger partial charge in [0.25, 0.3) is 0 Å². The second kappa shape index (κ2) is 8.23. The monoisotopic (exact) mass is 267 g/mol. The van der Waals surface area contributed by atoms with Gasteiger partial charge in [0.1, 0.15) is 0 Å². The Labute approximate surface area is 119 Å². The lowest BCUT2D eigenvalue weighted by Crippen LogP contribution is -2.52. The van der Waals surface area contributed by atoms with Gasteiger partial charge in [-0.05, 0) is 71.2 Å². The lowest BCUT2D eigenvalue weighted by molar-refractivity contribution is 0.0800. The molecule has 112 valence electrons. The molecular weight excluding hydrogens is 234 g/mol. The Balaban J connectivity index is 1.72. The van der Waals surface area contributed by atoms with Crippen LogP contribution in [0.3, 0.4) is 0 Å². The van der Waals surface area contributed by atoms with E-state index in [0.29, 0.717) is 0 Å². The predicted molar refractivity (Wildman–Crippen MR) is 82.6 cm³/mol. The van der Waals surface area contributed by atoms with Gasteiger partial charge in [-0.2, -0.15) is 0 Å². The van der Waals surface area contributed by atoms with E-state index in [2.05, 4.69) is 29.0 Å². The van der Waals surface area contributed by atoms with E-state index in [1.807, 2.05) is 0 Å². The fourth-order valence-corrected chi connectivity index (χ4v) is 3.68. The van der Waals surface area contributed by atoms with E-state index in [-0.39, 0.29) is 0 Å². The van der Waals surface area contributed by atoms with E-state index in [1.165, 1.54) is 77.8 Å². The third kappa shape index (κ3) is 4.73. The van der Waals surface area contributed by atoms with Gasteiger partial charge in [-0.25, -0.2) is 0 Å². The van der Waals surface area contributed by atoms with Crippen LogP contribution in [-0.2, 0) is 0 Å². The molecule has 2 aliphatic rings. The van der Waals surface area contributed by atoms with Crippen LogP contribution < -0.4 is 5.32 Å². The first-order chi connectivity index (χ1) is 9.33. The van der Waals surface area contributed by atoms with Crippen molar-refractivity contribution < 1.29 is 0 Å². The van der Waals surface area contributed by atoms with Crippen LogP contribution in [0.5, 0.6) is 0 Å². The number of nitrogens with zero attached hydrogens (tertiary/aromatic N) is 2. The number of rotatable bonds is 6. The topological polar surface area (TPSA) is 18.5 Å². The van der Waals surface area contributed by atoms with Crippen LogP contribution in [0.25, 0.3) is 0 Å². The second-order valence-corrected chi connectivity index (χ2v) is 6.36. The Hall–Kier alpha value is -0.120. The van der Waals surface area contributed by atoms with Crippen LogP contribution in [0.4, 0.5) is 0 Å². The van der Waals surface area contributed by atoms with Gasteiger partial charge in [-0.1, -0.05) is 13.8 Å². The zero-order valence-corrected chi connectivity index (χ0v) is 13.0. The molecule has 0 amide bonds. The third-order valence-corrected chi connectivity index (χ3v) is 4.75. The summed E-state index contributed by atoms with van der Waals surface area (Å²) in [5.74, 6) is 0. The highest BCUT2D eigenvalue weighted by atomic mass is 15.2. The van der Waals surface area contributed by atoms with Gasteiger partial charge in [0.15, 0.2) is 0 Å². The molecule has 0 aromatic carbocycles. The molecule has 1 unspecified atom stereocenters. The van der Waals surface area contributed by atoms with Crippen LogP contribution in [0.2, 0.25) is 0 Å². The summed E-state index contributed by atoms with van der Waals surface area (Å²) in [6, 6.07) is 1.61. The Kier molecular flexibility index (Phi) is 6.62. The van der Waals surface area contributed by atoms with Crippen molar-refractivity contribution in [3.8, 4) is 0 Å². The molecule has 0 saturated carbocycles. The Morgan fingerprint density at radius 2 is 1.79 bits per heavy atom. The molecule has 0 aromatic heterocycles. The molecule has 3 heteroatoms. The molecule has 2 fully saturated rings. The van der Waals surface area contributed by atoms with Crippen LogP contribution >= 0.6 is 0 Å². The summed E-state index contributed by atoms with van der Waals surface area (Å²) in [5, 5.41) is 3.72. The van der Waals surface area contributed by atoms with Crippen LogP contribution in [0.1, 0.15) is 52.4 Å². The number of piperidine rings is 2. The Morgan fingerprint density at radius 3 is 2.47 bits per heavy atom. The van der Waals surface area contributed by atoms with E-state index in [9.17, 15) is 0 Å². The maximum Gasteiger partial charge on any atom is 0.0195 e. The molecule has 0 bridgehead atoms. The molecule has 0 aliphatic carbocycles. The van der Waals surface area contributed by atoms with Crippen molar-refractivity contribution >= 4 is 0 Å². The second-order valence-electron chi connectivity index (χ2n) is 6.36. The van der Waals surface area contributed by atoms with Crippen molar-refractivity contribution in [2.45, 2.75) is 64.5 Å². The van der Waals surface area contributed by atoms with Gasteiger partial charge in [-0.15, -0.1) is 0 Å². The largest absolute Gasteiger partial charge is 0.313 e. The molecule has 3 nitrogen and oxygen atoms in total. The van der Waals surface area contributed by atoms with E-state index >= 15 is 0 Å². The van der Waals surface area contributed by atoms with Crippen LogP contribution in [0.15, 0.2) is 0 Å². The van der Waals surface area contributed by atoms with Gasteiger partial charge in [0, 0.05) is 18.6 Å². The van der Waals surface area contributed by atoms with Crippen molar-refractivity contribution in [1.29, 1.82) is 0 Å². The Bertz CT molecular complexity index is 236. The van der Waals surface area contributed by atoms with Crippen molar-refractivity contribution in [2.24, 2.45) is 0 Å². The van der Waals surface area contributed by atoms with Crippen molar-refractivity contribution in [3.63, 3.8) is 0 Å². The maximum atomic E-state index is 3.72. The number of hydrogen-bond donors (Lipinski definition) is 1. The first-order valence-electron chi connectivity index (χ1n) is 8.53. The lowest BCUT2D eigenvalue weighted by atomic mass is 9.98. The van der Waals surface area contributed by atoms with Crippen LogP contribution in [-0.4, -0.2) is 61.2 Å². The normalized spacial score (nSPS) is 27.8. The zero-order chi connectivity index (χ0) is 13.5. The Morgan fingerprint density at radius 1 is 1.00 bits per heavy atom. The number of hydrogen-bond acceptors (Lipinski definition) is 3. The lowest BCUT2D eigenvalue weighted by Gasteiger charge is -2.42. The standard InChI is InChI=1S/C16H33N3/c1-3-9-17-15-6-5-11-19(14-15)16-7-12-18(10-4-2)13-8-16/h15-17H,3-14H2,1-2H3. The fraction of sp³-hybridized carbons (Fsp3) is 1.00. The molecular formula is C16H33N3. The van der Waals surface area contributed by atoms with Gasteiger partial charge < -0.3 is 10.2 Å². The minimum atomic E-state index is 0.752. The average Bonchev–Trinajstić information content (AvgIpc) is 2.46.